The fourth-order valence-electron chi connectivity index (χ4n) is 4.89. The number of nitrogens with one attached hydrogen (secondary N) is 3. The van der Waals surface area contributed by atoms with E-state index in [9.17, 15) is 9.59 Å². The van der Waals surface area contributed by atoms with Crippen molar-refractivity contribution in [2.45, 2.75) is 12.5 Å². The molecule has 13 heteroatoms. The Balaban J connectivity index is 1.47. The van der Waals surface area contributed by atoms with Crippen LogP contribution in [0.2, 0.25) is 15.1 Å². The Morgan fingerprint density at radius 1 is 0.913 bits per heavy atom. The maximum atomic E-state index is 12.7. The number of H-pyrrole nitrogens is 1. The number of aromatic nitrogens is 4. The van der Waals surface area contributed by atoms with Gasteiger partial charge in [-0.3, -0.25) is 9.78 Å². The van der Waals surface area contributed by atoms with Crippen molar-refractivity contribution < 1.29 is 0 Å². The van der Waals surface area contributed by atoms with Gasteiger partial charge in [0.05, 0.1) is 33.7 Å². The molecule has 1 unspecified atom stereocenters. The summed E-state index contributed by atoms with van der Waals surface area (Å²) in [5.74, 6) is -0.564. The van der Waals surface area contributed by atoms with E-state index in [1.165, 1.54) is 11.3 Å². The topological polar surface area (TPSA) is 105 Å². The van der Waals surface area contributed by atoms with Crippen LogP contribution in [0.4, 0.5) is 5.69 Å². The molecule has 0 fully saturated rings. The van der Waals surface area contributed by atoms with E-state index in [0.717, 1.165) is 38.3 Å². The van der Waals surface area contributed by atoms with Crippen molar-refractivity contribution in [2.75, 3.05) is 5.32 Å². The van der Waals surface area contributed by atoms with Gasteiger partial charge in [0.25, 0.3) is 5.56 Å². The van der Waals surface area contributed by atoms with E-state index in [-0.39, 0.29) is 10.7 Å². The second kappa shape index (κ2) is 14.0. The van der Waals surface area contributed by atoms with Crippen LogP contribution in [0.1, 0.15) is 26.9 Å². The SMILES string of the molecule is O=c1cnn(-c2ccc(Cl)c(C(c3ccc(Cl)cc3)c3nc(-c4ccccc4)c(CNC(=S)Nc4ccccc4)s3)c2Cl)c(=O)[nH]1. The Hall–Kier alpha value is -4.32. The summed E-state index contributed by atoms with van der Waals surface area (Å²) in [6, 6.07) is 30.1. The van der Waals surface area contributed by atoms with Gasteiger partial charge in [-0.1, -0.05) is 95.5 Å². The van der Waals surface area contributed by atoms with Crippen molar-refractivity contribution in [2.24, 2.45) is 0 Å². The fourth-order valence-corrected chi connectivity index (χ4v) is 7.04. The smallest absolute Gasteiger partial charge is 0.349 e. The summed E-state index contributed by atoms with van der Waals surface area (Å²) < 4.78 is 1.02. The maximum Gasteiger partial charge on any atom is 0.349 e. The summed E-state index contributed by atoms with van der Waals surface area (Å²) in [6.45, 7) is 0.395. The van der Waals surface area contributed by atoms with Gasteiger partial charge in [0.2, 0.25) is 0 Å². The number of nitrogens with zero attached hydrogens (tertiary/aromatic N) is 3. The summed E-state index contributed by atoms with van der Waals surface area (Å²) in [7, 11) is 0. The van der Waals surface area contributed by atoms with Crippen LogP contribution in [0.5, 0.6) is 0 Å². The lowest BCUT2D eigenvalue weighted by molar-refractivity contribution is 0.748. The number of anilines is 1. The summed E-state index contributed by atoms with van der Waals surface area (Å²) >= 11 is 27.3. The van der Waals surface area contributed by atoms with Gasteiger partial charge in [-0.05, 0) is 54.2 Å². The Bertz CT molecular complexity index is 2140. The number of hydrogen-bond acceptors (Lipinski definition) is 6. The Morgan fingerprint density at radius 2 is 1.61 bits per heavy atom. The molecule has 8 nitrogen and oxygen atoms in total. The molecule has 230 valence electrons. The van der Waals surface area contributed by atoms with Gasteiger partial charge in [0.15, 0.2) is 5.11 Å². The van der Waals surface area contributed by atoms with E-state index in [1.54, 1.807) is 24.3 Å². The van der Waals surface area contributed by atoms with Gasteiger partial charge in [0, 0.05) is 26.9 Å². The summed E-state index contributed by atoms with van der Waals surface area (Å²) in [5, 5.41) is 12.8. The highest BCUT2D eigenvalue weighted by Crippen LogP contribution is 2.45. The Morgan fingerprint density at radius 3 is 2.30 bits per heavy atom. The zero-order valence-electron chi connectivity index (χ0n) is 23.7. The van der Waals surface area contributed by atoms with Gasteiger partial charge < -0.3 is 10.6 Å². The molecule has 0 amide bonds. The second-order valence-corrected chi connectivity index (χ2v) is 12.7. The molecule has 2 aromatic heterocycles. The molecule has 0 saturated heterocycles. The monoisotopic (exact) mass is 704 g/mol. The molecule has 0 bridgehead atoms. The zero-order valence-corrected chi connectivity index (χ0v) is 27.6. The first-order chi connectivity index (χ1) is 22.3. The lowest BCUT2D eigenvalue weighted by Crippen LogP contribution is -2.30. The number of para-hydroxylation sites is 1. The van der Waals surface area contributed by atoms with E-state index >= 15 is 0 Å². The lowest BCUT2D eigenvalue weighted by atomic mass is 9.91. The molecule has 0 aliphatic heterocycles. The third kappa shape index (κ3) is 6.91. The minimum Gasteiger partial charge on any atom is -0.357 e. The zero-order chi connectivity index (χ0) is 32.2. The number of rotatable bonds is 8. The predicted octanol–water partition coefficient (Wildman–Crippen LogP) is 7.67. The predicted molar refractivity (Wildman–Crippen MR) is 190 cm³/mol. The van der Waals surface area contributed by atoms with Crippen LogP contribution in [0.15, 0.2) is 113 Å². The number of thiocarbonyl (C=S) groups is 1. The summed E-state index contributed by atoms with van der Waals surface area (Å²) in [4.78, 5) is 32.7. The fraction of sp³-hybridized carbons (Fsp3) is 0.0606. The van der Waals surface area contributed by atoms with Gasteiger partial charge >= 0.3 is 5.69 Å². The minimum absolute atomic E-state index is 0.179. The largest absolute Gasteiger partial charge is 0.357 e. The van der Waals surface area contributed by atoms with Crippen molar-refractivity contribution >= 4 is 69.2 Å². The van der Waals surface area contributed by atoms with E-state index in [4.69, 9.17) is 52.0 Å². The van der Waals surface area contributed by atoms with Crippen LogP contribution >= 0.6 is 58.4 Å². The molecular formula is C33H23Cl3N6O2S2. The molecule has 4 aromatic carbocycles. The quantitative estimate of drug-likeness (QED) is 0.140. The van der Waals surface area contributed by atoms with Crippen molar-refractivity contribution in [3.05, 3.63) is 160 Å². The molecule has 1 atom stereocenters. The number of aromatic amines is 1. The van der Waals surface area contributed by atoms with Crippen LogP contribution in [0.3, 0.4) is 0 Å². The van der Waals surface area contributed by atoms with Gasteiger partial charge in [0.1, 0.15) is 11.2 Å². The van der Waals surface area contributed by atoms with Crippen LogP contribution in [0, 0.1) is 0 Å². The first-order valence-electron chi connectivity index (χ1n) is 13.9. The van der Waals surface area contributed by atoms with E-state index in [0.29, 0.717) is 32.3 Å². The molecule has 6 rings (SSSR count). The van der Waals surface area contributed by atoms with Gasteiger partial charge in [-0.25, -0.2) is 9.78 Å². The molecule has 0 aliphatic carbocycles. The number of benzene rings is 4. The van der Waals surface area contributed by atoms with E-state index in [2.05, 4.69) is 20.7 Å². The van der Waals surface area contributed by atoms with Crippen LogP contribution in [-0.2, 0) is 6.54 Å². The molecule has 0 saturated carbocycles. The Kier molecular flexibility index (Phi) is 9.62. The third-order valence-corrected chi connectivity index (χ3v) is 9.33. The average Bonchev–Trinajstić information content (AvgIpc) is 3.48. The lowest BCUT2D eigenvalue weighted by Gasteiger charge is -2.20. The number of halogens is 3. The summed E-state index contributed by atoms with van der Waals surface area (Å²) in [5.41, 5.74) is 2.79. The first kappa shape index (κ1) is 31.7. The maximum absolute atomic E-state index is 12.7. The van der Waals surface area contributed by atoms with Crippen molar-refractivity contribution in [3.63, 3.8) is 0 Å². The van der Waals surface area contributed by atoms with Crippen molar-refractivity contribution in [3.8, 4) is 16.9 Å². The van der Waals surface area contributed by atoms with Gasteiger partial charge in [-0.15, -0.1) is 11.3 Å². The van der Waals surface area contributed by atoms with Crippen molar-refractivity contribution in [1.29, 1.82) is 0 Å². The van der Waals surface area contributed by atoms with Gasteiger partial charge in [-0.2, -0.15) is 9.78 Å². The molecule has 0 radical (unpaired) electrons. The summed E-state index contributed by atoms with van der Waals surface area (Å²) in [6.07, 6.45) is 1.01. The Labute approximate surface area is 287 Å². The first-order valence-corrected chi connectivity index (χ1v) is 16.2. The average molecular weight is 706 g/mol. The normalized spacial score (nSPS) is 11.6. The van der Waals surface area contributed by atoms with Crippen LogP contribution in [-0.4, -0.2) is 24.9 Å². The highest BCUT2D eigenvalue weighted by molar-refractivity contribution is 7.80. The number of thiazole rings is 1. The highest BCUT2D eigenvalue weighted by atomic mass is 35.5. The standard InChI is InChI=1S/C33H23Cl3N6O2S2/c34-21-13-11-19(12-14-21)27(28-23(35)15-16-24(29(28)36)42-33(44)40-26(43)18-38-42)31-41-30(20-7-3-1-4-8-20)25(46-31)17-37-32(45)39-22-9-5-2-6-10-22/h1-16,18,27H,17H2,(H2,37,39,45)(H,40,43,44). The minimum atomic E-state index is -0.736. The second-order valence-electron chi connectivity index (χ2n) is 9.99. The molecule has 0 aliphatic rings. The van der Waals surface area contributed by atoms with E-state index in [1.807, 2.05) is 72.8 Å². The molecule has 3 N–H and O–H groups in total. The van der Waals surface area contributed by atoms with Crippen LogP contribution in [0.25, 0.3) is 16.9 Å². The molecule has 0 spiro atoms. The van der Waals surface area contributed by atoms with Crippen LogP contribution < -0.4 is 21.9 Å². The number of hydrogen-bond donors (Lipinski definition) is 3. The highest BCUT2D eigenvalue weighted by Gasteiger charge is 2.29. The molecule has 2 heterocycles. The molecular weight excluding hydrogens is 683 g/mol. The third-order valence-electron chi connectivity index (χ3n) is 6.99. The van der Waals surface area contributed by atoms with Crippen molar-refractivity contribution in [1.82, 2.24) is 25.1 Å². The molecule has 6 aromatic rings. The van der Waals surface area contributed by atoms with E-state index < -0.39 is 17.2 Å². The molecule has 46 heavy (non-hydrogen) atoms.